The predicted molar refractivity (Wildman–Crippen MR) is 59.6 cm³/mol. The van der Waals surface area contributed by atoms with E-state index in [0.29, 0.717) is 4.47 Å². The Bertz CT molecular complexity index is 411. The number of carboxylic acids is 1. The van der Waals surface area contributed by atoms with Gasteiger partial charge in [0.25, 0.3) is 0 Å². The van der Waals surface area contributed by atoms with E-state index >= 15 is 0 Å². The zero-order valence-corrected chi connectivity index (χ0v) is 9.87. The summed E-state index contributed by atoms with van der Waals surface area (Å²) in [6, 6.07) is 1.60. The molecule has 4 nitrogen and oxygen atoms in total. The van der Waals surface area contributed by atoms with Crippen LogP contribution in [0.1, 0.15) is 24.4 Å². The van der Waals surface area contributed by atoms with E-state index in [-0.39, 0.29) is 24.2 Å². The molecule has 0 radical (unpaired) electrons. The molecular formula is C10H11BrFNO3. The molecule has 16 heavy (non-hydrogen) atoms. The van der Waals surface area contributed by atoms with Gasteiger partial charge in [0.1, 0.15) is 11.6 Å². The highest BCUT2D eigenvalue weighted by atomic mass is 79.9. The SMILES string of the molecule is NC(CCC(=O)O)c1cc(Br)c(O)cc1F. The Morgan fingerprint density at radius 2 is 2.19 bits per heavy atom. The summed E-state index contributed by atoms with van der Waals surface area (Å²) in [6.07, 6.45) is 0.0164. The molecule has 0 aliphatic carbocycles. The minimum absolute atomic E-state index is 0.126. The number of nitrogens with two attached hydrogens (primary N) is 1. The normalized spacial score (nSPS) is 12.4. The van der Waals surface area contributed by atoms with E-state index in [1.807, 2.05) is 0 Å². The van der Waals surface area contributed by atoms with Crippen molar-refractivity contribution < 1.29 is 19.4 Å². The van der Waals surface area contributed by atoms with Crippen molar-refractivity contribution in [3.63, 3.8) is 0 Å². The number of carboxylic acid groups (broad SMARTS) is 1. The van der Waals surface area contributed by atoms with Gasteiger partial charge in [0, 0.05) is 24.1 Å². The molecule has 0 aliphatic heterocycles. The van der Waals surface area contributed by atoms with Crippen LogP contribution in [0.15, 0.2) is 16.6 Å². The van der Waals surface area contributed by atoms with Crippen LogP contribution in [0.2, 0.25) is 0 Å². The molecule has 6 heteroatoms. The molecule has 88 valence electrons. The molecule has 4 N–H and O–H groups in total. The summed E-state index contributed by atoms with van der Waals surface area (Å²) in [6.45, 7) is 0. The van der Waals surface area contributed by atoms with Crippen LogP contribution in [0.5, 0.6) is 5.75 Å². The van der Waals surface area contributed by atoms with E-state index in [4.69, 9.17) is 10.8 Å². The van der Waals surface area contributed by atoms with Gasteiger partial charge in [0.05, 0.1) is 4.47 Å². The molecule has 0 saturated heterocycles. The molecule has 0 bridgehead atoms. The van der Waals surface area contributed by atoms with Gasteiger partial charge in [-0.3, -0.25) is 4.79 Å². The molecular weight excluding hydrogens is 281 g/mol. The number of rotatable bonds is 4. The van der Waals surface area contributed by atoms with E-state index in [2.05, 4.69) is 15.9 Å². The van der Waals surface area contributed by atoms with Crippen LogP contribution in [-0.2, 0) is 4.79 Å². The minimum Gasteiger partial charge on any atom is -0.507 e. The van der Waals surface area contributed by atoms with Gasteiger partial charge in [-0.2, -0.15) is 0 Å². The first-order valence-corrected chi connectivity index (χ1v) is 5.36. The summed E-state index contributed by atoms with van der Waals surface area (Å²) < 4.78 is 13.7. The summed E-state index contributed by atoms with van der Waals surface area (Å²) in [4.78, 5) is 10.3. The molecule has 0 spiro atoms. The Morgan fingerprint density at radius 3 is 2.75 bits per heavy atom. The summed E-state index contributed by atoms with van der Waals surface area (Å²) in [5.41, 5.74) is 5.84. The Balaban J connectivity index is 2.86. The van der Waals surface area contributed by atoms with Crippen molar-refractivity contribution in [1.82, 2.24) is 0 Å². The first-order chi connectivity index (χ1) is 7.41. The summed E-state index contributed by atoms with van der Waals surface area (Å²) in [5.74, 6) is -1.83. The Hall–Kier alpha value is -1.14. The third kappa shape index (κ3) is 3.18. The lowest BCUT2D eigenvalue weighted by Gasteiger charge is -2.12. The van der Waals surface area contributed by atoms with Crippen molar-refractivity contribution in [2.75, 3.05) is 0 Å². The Morgan fingerprint density at radius 1 is 1.56 bits per heavy atom. The standard InChI is InChI=1S/C10H11BrFNO3/c11-6-3-5(7(12)4-9(6)14)8(13)1-2-10(15)16/h3-4,8,14H,1-2,13H2,(H,15,16). The number of hydrogen-bond acceptors (Lipinski definition) is 3. The van der Waals surface area contributed by atoms with Crippen molar-refractivity contribution in [2.24, 2.45) is 5.73 Å². The average molecular weight is 292 g/mol. The van der Waals surface area contributed by atoms with E-state index in [0.717, 1.165) is 6.07 Å². The number of halogens is 2. The van der Waals surface area contributed by atoms with Crippen LogP contribution in [0.4, 0.5) is 4.39 Å². The number of aromatic hydroxyl groups is 1. The predicted octanol–water partition coefficient (Wildman–Crippen LogP) is 2.16. The quantitative estimate of drug-likeness (QED) is 0.794. The third-order valence-corrected chi connectivity index (χ3v) is 2.77. The zero-order valence-electron chi connectivity index (χ0n) is 8.28. The lowest BCUT2D eigenvalue weighted by atomic mass is 10.0. The summed E-state index contributed by atoms with van der Waals surface area (Å²) in [5, 5.41) is 17.7. The fourth-order valence-electron chi connectivity index (χ4n) is 1.27. The van der Waals surface area contributed by atoms with Crippen LogP contribution >= 0.6 is 15.9 Å². The molecule has 1 aromatic carbocycles. The highest BCUT2D eigenvalue weighted by molar-refractivity contribution is 9.10. The second-order valence-corrected chi connectivity index (χ2v) is 4.22. The van der Waals surface area contributed by atoms with Crippen LogP contribution in [0.3, 0.4) is 0 Å². The highest BCUT2D eigenvalue weighted by Crippen LogP contribution is 2.30. The maximum atomic E-state index is 13.4. The topological polar surface area (TPSA) is 83.6 Å². The van der Waals surface area contributed by atoms with Gasteiger partial charge in [-0.25, -0.2) is 4.39 Å². The van der Waals surface area contributed by atoms with E-state index < -0.39 is 17.8 Å². The summed E-state index contributed by atoms with van der Waals surface area (Å²) in [7, 11) is 0. The van der Waals surface area contributed by atoms with Crippen molar-refractivity contribution in [3.8, 4) is 5.75 Å². The third-order valence-electron chi connectivity index (χ3n) is 2.13. The van der Waals surface area contributed by atoms with Gasteiger partial charge in [-0.1, -0.05) is 0 Å². The molecule has 1 aromatic rings. The van der Waals surface area contributed by atoms with E-state index in [9.17, 15) is 14.3 Å². The minimum atomic E-state index is -0.978. The summed E-state index contributed by atoms with van der Waals surface area (Å²) >= 11 is 3.04. The maximum Gasteiger partial charge on any atom is 0.303 e. The fraction of sp³-hybridized carbons (Fsp3) is 0.300. The number of phenolic OH excluding ortho intramolecular Hbond substituents is 1. The van der Waals surface area contributed by atoms with Crippen LogP contribution in [0.25, 0.3) is 0 Å². The van der Waals surface area contributed by atoms with Crippen LogP contribution in [0, 0.1) is 5.82 Å². The first-order valence-electron chi connectivity index (χ1n) is 4.57. The molecule has 0 aliphatic rings. The van der Waals surface area contributed by atoms with Crippen molar-refractivity contribution in [1.29, 1.82) is 0 Å². The lowest BCUT2D eigenvalue weighted by molar-refractivity contribution is -0.137. The van der Waals surface area contributed by atoms with Gasteiger partial charge in [0.2, 0.25) is 0 Å². The van der Waals surface area contributed by atoms with Gasteiger partial charge in [-0.05, 0) is 28.4 Å². The Kier molecular flexibility index (Phi) is 4.26. The maximum absolute atomic E-state index is 13.4. The van der Waals surface area contributed by atoms with Crippen molar-refractivity contribution in [3.05, 3.63) is 28.0 Å². The number of carbonyl (C=O) groups is 1. The zero-order chi connectivity index (χ0) is 12.3. The molecule has 1 unspecified atom stereocenters. The molecule has 0 heterocycles. The molecule has 1 atom stereocenters. The van der Waals surface area contributed by atoms with Gasteiger partial charge in [-0.15, -0.1) is 0 Å². The van der Waals surface area contributed by atoms with Crippen molar-refractivity contribution >= 4 is 21.9 Å². The van der Waals surface area contributed by atoms with Crippen LogP contribution in [-0.4, -0.2) is 16.2 Å². The van der Waals surface area contributed by atoms with Crippen LogP contribution < -0.4 is 5.73 Å². The highest BCUT2D eigenvalue weighted by Gasteiger charge is 2.15. The smallest absolute Gasteiger partial charge is 0.303 e. The molecule has 0 amide bonds. The number of hydrogen-bond donors (Lipinski definition) is 3. The van der Waals surface area contributed by atoms with E-state index in [1.54, 1.807) is 0 Å². The van der Waals surface area contributed by atoms with Gasteiger partial charge < -0.3 is 15.9 Å². The second-order valence-electron chi connectivity index (χ2n) is 3.36. The van der Waals surface area contributed by atoms with Crippen molar-refractivity contribution in [2.45, 2.75) is 18.9 Å². The second kappa shape index (κ2) is 5.27. The monoisotopic (exact) mass is 291 g/mol. The number of phenols is 1. The fourth-order valence-corrected chi connectivity index (χ4v) is 1.63. The first kappa shape index (κ1) is 12.9. The molecule has 1 rings (SSSR count). The lowest BCUT2D eigenvalue weighted by Crippen LogP contribution is -2.14. The number of aliphatic carboxylic acids is 1. The van der Waals surface area contributed by atoms with Gasteiger partial charge in [0.15, 0.2) is 0 Å². The number of benzene rings is 1. The molecule has 0 aromatic heterocycles. The Labute approximate surface area is 100 Å². The van der Waals surface area contributed by atoms with E-state index in [1.165, 1.54) is 6.07 Å². The van der Waals surface area contributed by atoms with Gasteiger partial charge >= 0.3 is 5.97 Å². The molecule has 0 fully saturated rings. The molecule has 0 saturated carbocycles. The largest absolute Gasteiger partial charge is 0.507 e. The average Bonchev–Trinajstić information content (AvgIpc) is 2.20.